The van der Waals surface area contributed by atoms with Crippen molar-refractivity contribution in [3.8, 4) is 16.9 Å². The highest BCUT2D eigenvalue weighted by atomic mass is 16.6. The molecule has 0 aromatic heterocycles. The zero-order chi connectivity index (χ0) is 16.1. The lowest BCUT2D eigenvalue weighted by Crippen LogP contribution is -2.02. The van der Waals surface area contributed by atoms with E-state index >= 15 is 0 Å². The van der Waals surface area contributed by atoms with Crippen LogP contribution in [0.4, 0.5) is 0 Å². The van der Waals surface area contributed by atoms with E-state index in [4.69, 9.17) is 14.3 Å². The van der Waals surface area contributed by atoms with Gasteiger partial charge in [0.15, 0.2) is 0 Å². The number of benzene rings is 2. The Labute approximate surface area is 136 Å². The molecule has 0 saturated heterocycles. The van der Waals surface area contributed by atoms with Crippen LogP contribution in [0.15, 0.2) is 47.6 Å². The smallest absolute Gasteiger partial charge is 0.120 e. The first kappa shape index (κ1) is 15.6. The van der Waals surface area contributed by atoms with Crippen LogP contribution >= 0.6 is 0 Å². The summed E-state index contributed by atoms with van der Waals surface area (Å²) < 4.78 is 10.9. The molecule has 0 fully saturated rings. The number of hydrogen-bond donors (Lipinski definition) is 0. The minimum atomic E-state index is 0.686. The van der Waals surface area contributed by atoms with Crippen molar-refractivity contribution in [1.29, 1.82) is 0 Å². The second kappa shape index (κ2) is 7.29. The van der Waals surface area contributed by atoms with E-state index in [1.165, 1.54) is 11.1 Å². The van der Waals surface area contributed by atoms with Gasteiger partial charge in [-0.3, -0.25) is 0 Å². The zero-order valence-electron chi connectivity index (χ0n) is 13.5. The highest BCUT2D eigenvalue weighted by molar-refractivity contribution is 6.24. The minimum Gasteiger partial charge on any atom is -0.494 e. The lowest BCUT2D eigenvalue weighted by molar-refractivity contribution is 0.184. The lowest BCUT2D eigenvalue weighted by atomic mass is 10.1. The Hall–Kier alpha value is -2.33. The molecule has 0 aliphatic heterocycles. The van der Waals surface area contributed by atoms with Gasteiger partial charge in [-0.2, -0.15) is 0 Å². The van der Waals surface area contributed by atoms with Crippen LogP contribution in [0, 0.1) is 0 Å². The Kier molecular flexibility index (Phi) is 4.93. The van der Waals surface area contributed by atoms with E-state index in [0.29, 0.717) is 6.61 Å². The summed E-state index contributed by atoms with van der Waals surface area (Å²) in [5, 5.41) is 4.21. The summed E-state index contributed by atoms with van der Waals surface area (Å²) in [6.07, 6.45) is 1.98. The highest BCUT2D eigenvalue weighted by Gasteiger charge is 2.25. The van der Waals surface area contributed by atoms with Gasteiger partial charge in [-0.05, 0) is 42.2 Å². The average Bonchev–Trinajstić information content (AvgIpc) is 2.89. The number of hydrogen-bond acceptors (Lipinski definition) is 4. The van der Waals surface area contributed by atoms with Gasteiger partial charge in [0.1, 0.15) is 18.6 Å². The van der Waals surface area contributed by atoms with Gasteiger partial charge < -0.3 is 14.3 Å². The van der Waals surface area contributed by atoms with Crippen molar-refractivity contribution < 1.29 is 14.3 Å². The summed E-state index contributed by atoms with van der Waals surface area (Å²) >= 11 is 0. The maximum absolute atomic E-state index is 5.85. The second-order valence-corrected chi connectivity index (χ2v) is 5.42. The fraction of sp³-hybridized carbons (Fsp3) is 0.316. The molecule has 0 saturated carbocycles. The Morgan fingerprint density at radius 1 is 0.826 bits per heavy atom. The summed E-state index contributed by atoms with van der Waals surface area (Å²) in [6, 6.07) is 14.4. The van der Waals surface area contributed by atoms with Gasteiger partial charge >= 0.3 is 0 Å². The molecule has 23 heavy (non-hydrogen) atoms. The summed E-state index contributed by atoms with van der Waals surface area (Å²) in [4.78, 5) is 5.04. The van der Waals surface area contributed by atoms with Gasteiger partial charge in [-0.15, -0.1) is 0 Å². The maximum atomic E-state index is 5.85. The molecule has 3 rings (SSSR count). The SMILES string of the molecule is COCCCCOc1ccc2c(c1)/C(=N\OC)c1ccccc1-2. The molecule has 0 atom stereocenters. The molecule has 1 aliphatic rings. The summed E-state index contributed by atoms with van der Waals surface area (Å²) in [5.74, 6) is 0.859. The molecule has 0 bridgehead atoms. The van der Waals surface area contributed by atoms with Gasteiger partial charge in [-0.25, -0.2) is 0 Å². The first-order valence-electron chi connectivity index (χ1n) is 7.82. The Balaban J connectivity index is 1.81. The van der Waals surface area contributed by atoms with Crippen LogP contribution in [0.1, 0.15) is 24.0 Å². The zero-order valence-corrected chi connectivity index (χ0v) is 13.5. The third-order valence-corrected chi connectivity index (χ3v) is 3.91. The summed E-state index contributed by atoms with van der Waals surface area (Å²) in [7, 11) is 3.29. The normalized spacial score (nSPS) is 13.7. The first-order valence-corrected chi connectivity index (χ1v) is 7.82. The molecule has 2 aromatic rings. The highest BCUT2D eigenvalue weighted by Crippen LogP contribution is 2.38. The molecule has 0 spiro atoms. The number of methoxy groups -OCH3 is 1. The minimum absolute atomic E-state index is 0.686. The van der Waals surface area contributed by atoms with Crippen molar-refractivity contribution in [1.82, 2.24) is 0 Å². The molecule has 0 unspecified atom stereocenters. The van der Waals surface area contributed by atoms with E-state index < -0.39 is 0 Å². The van der Waals surface area contributed by atoms with Crippen molar-refractivity contribution in [2.24, 2.45) is 5.16 Å². The van der Waals surface area contributed by atoms with E-state index in [-0.39, 0.29) is 0 Å². The predicted molar refractivity (Wildman–Crippen MR) is 91.1 cm³/mol. The summed E-state index contributed by atoms with van der Waals surface area (Å²) in [5.41, 5.74) is 5.38. The molecule has 0 N–H and O–H groups in total. The van der Waals surface area contributed by atoms with E-state index in [9.17, 15) is 0 Å². The summed E-state index contributed by atoms with van der Waals surface area (Å²) in [6.45, 7) is 1.46. The molecule has 0 radical (unpaired) electrons. The topological polar surface area (TPSA) is 40.0 Å². The van der Waals surface area contributed by atoms with Crippen LogP contribution < -0.4 is 4.74 Å². The van der Waals surface area contributed by atoms with E-state index in [0.717, 1.165) is 42.0 Å². The Morgan fingerprint density at radius 2 is 1.57 bits per heavy atom. The Morgan fingerprint density at radius 3 is 2.35 bits per heavy atom. The van der Waals surface area contributed by atoms with Crippen molar-refractivity contribution in [3.63, 3.8) is 0 Å². The Bertz CT molecular complexity index is 710. The van der Waals surface area contributed by atoms with Crippen LogP contribution in [0.3, 0.4) is 0 Å². The number of nitrogens with zero attached hydrogens (tertiary/aromatic N) is 1. The van der Waals surface area contributed by atoms with E-state index in [2.05, 4.69) is 23.4 Å². The lowest BCUT2D eigenvalue weighted by Gasteiger charge is -2.08. The average molecular weight is 311 g/mol. The molecule has 4 nitrogen and oxygen atoms in total. The van der Waals surface area contributed by atoms with Gasteiger partial charge in [0.25, 0.3) is 0 Å². The van der Waals surface area contributed by atoms with Crippen molar-refractivity contribution >= 4 is 5.71 Å². The fourth-order valence-corrected chi connectivity index (χ4v) is 2.84. The molecule has 120 valence electrons. The van der Waals surface area contributed by atoms with Crippen molar-refractivity contribution in [3.05, 3.63) is 53.6 Å². The largest absolute Gasteiger partial charge is 0.494 e. The van der Waals surface area contributed by atoms with Crippen LogP contribution in [0.5, 0.6) is 5.75 Å². The van der Waals surface area contributed by atoms with Crippen LogP contribution in [0.25, 0.3) is 11.1 Å². The number of oxime groups is 1. The molecule has 1 aliphatic carbocycles. The van der Waals surface area contributed by atoms with Crippen LogP contribution in [-0.2, 0) is 9.57 Å². The molecule has 4 heteroatoms. The number of rotatable bonds is 7. The van der Waals surface area contributed by atoms with Crippen molar-refractivity contribution in [2.45, 2.75) is 12.8 Å². The van der Waals surface area contributed by atoms with Gasteiger partial charge in [0.05, 0.1) is 6.61 Å². The second-order valence-electron chi connectivity index (χ2n) is 5.42. The molecule has 0 heterocycles. The fourth-order valence-electron chi connectivity index (χ4n) is 2.84. The maximum Gasteiger partial charge on any atom is 0.120 e. The number of ether oxygens (including phenoxy) is 2. The molecular formula is C19H21NO3. The number of unbranched alkanes of at least 4 members (excludes halogenated alkanes) is 1. The monoisotopic (exact) mass is 311 g/mol. The standard InChI is InChI=1S/C19H21NO3/c1-21-11-5-6-12-23-14-9-10-16-15-7-3-4-8-17(15)19(20-22-2)18(16)13-14/h3-4,7-10,13H,5-6,11-12H2,1-2H3/b20-19-. The van der Waals surface area contributed by atoms with E-state index in [1.807, 2.05) is 24.3 Å². The number of fused-ring (bicyclic) bond motifs is 3. The van der Waals surface area contributed by atoms with Crippen LogP contribution in [-0.4, -0.2) is 33.1 Å². The van der Waals surface area contributed by atoms with Crippen LogP contribution in [0.2, 0.25) is 0 Å². The molecular weight excluding hydrogens is 290 g/mol. The van der Waals surface area contributed by atoms with Gasteiger partial charge in [0, 0.05) is 24.8 Å². The predicted octanol–water partition coefficient (Wildman–Crippen LogP) is 3.87. The third-order valence-electron chi connectivity index (χ3n) is 3.91. The first-order chi connectivity index (χ1) is 11.3. The van der Waals surface area contributed by atoms with Gasteiger partial charge in [-0.1, -0.05) is 29.4 Å². The third kappa shape index (κ3) is 3.22. The van der Waals surface area contributed by atoms with Crippen molar-refractivity contribution in [2.75, 3.05) is 27.4 Å². The molecule has 0 amide bonds. The van der Waals surface area contributed by atoms with Gasteiger partial charge in [0.2, 0.25) is 0 Å². The quantitative estimate of drug-likeness (QED) is 0.491. The van der Waals surface area contributed by atoms with E-state index in [1.54, 1.807) is 14.2 Å². The molecule has 2 aromatic carbocycles.